The number of aromatic nitrogens is 1. The van der Waals surface area contributed by atoms with Crippen LogP contribution < -0.4 is 10.6 Å². The van der Waals surface area contributed by atoms with E-state index in [1.54, 1.807) is 6.07 Å². The number of carbonyl (C=O) groups is 1. The highest BCUT2D eigenvalue weighted by Crippen LogP contribution is 2.26. The lowest BCUT2D eigenvalue weighted by Gasteiger charge is -2.11. The fourth-order valence-corrected chi connectivity index (χ4v) is 3.38. The summed E-state index contributed by atoms with van der Waals surface area (Å²) >= 11 is 5.28. The molecule has 0 aliphatic rings. The van der Waals surface area contributed by atoms with Gasteiger partial charge in [0.15, 0.2) is 10.7 Å². The second-order valence-electron chi connectivity index (χ2n) is 6.98. The van der Waals surface area contributed by atoms with Crippen LogP contribution in [0, 0.1) is 6.92 Å². The van der Waals surface area contributed by atoms with Crippen LogP contribution in [0.4, 0.5) is 5.69 Å². The fraction of sp³-hybridized carbons (Fsp3) is 0.125. The third-order valence-electron chi connectivity index (χ3n) is 4.87. The number of hydrogen-bond donors (Lipinski definition) is 2. The Bertz CT molecular complexity index is 1230. The molecular weight excluding hydrogens is 394 g/mol. The van der Waals surface area contributed by atoms with Crippen LogP contribution in [0.5, 0.6) is 0 Å². The molecule has 0 spiro atoms. The molecule has 0 unspecified atom stereocenters. The van der Waals surface area contributed by atoms with Crippen LogP contribution in [0.25, 0.3) is 22.6 Å². The minimum Gasteiger partial charge on any atom is -0.436 e. The van der Waals surface area contributed by atoms with Gasteiger partial charge in [0.2, 0.25) is 5.89 Å². The number of nitrogens with one attached hydrogen (secondary N) is 2. The van der Waals surface area contributed by atoms with Crippen molar-refractivity contribution < 1.29 is 9.21 Å². The Morgan fingerprint density at radius 1 is 1.07 bits per heavy atom. The Kier molecular flexibility index (Phi) is 5.59. The number of thiocarbonyl (C=S) groups is 1. The number of rotatable bonds is 4. The Hall–Kier alpha value is -3.51. The molecule has 0 radical (unpaired) electrons. The highest BCUT2D eigenvalue weighted by atomic mass is 32.1. The van der Waals surface area contributed by atoms with Crippen molar-refractivity contribution in [1.82, 2.24) is 10.3 Å². The van der Waals surface area contributed by atoms with Crippen LogP contribution in [0.15, 0.2) is 71.1 Å². The molecular formula is C24H21N3O2S. The molecule has 1 aromatic heterocycles. The number of anilines is 1. The quantitative estimate of drug-likeness (QED) is 0.431. The van der Waals surface area contributed by atoms with E-state index < -0.39 is 0 Å². The first-order valence-electron chi connectivity index (χ1n) is 9.71. The zero-order valence-electron chi connectivity index (χ0n) is 16.7. The van der Waals surface area contributed by atoms with Crippen molar-refractivity contribution in [3.8, 4) is 11.5 Å². The molecule has 30 heavy (non-hydrogen) atoms. The summed E-state index contributed by atoms with van der Waals surface area (Å²) < 4.78 is 5.87. The summed E-state index contributed by atoms with van der Waals surface area (Å²) in [6.45, 7) is 4.00. The van der Waals surface area contributed by atoms with Gasteiger partial charge in [0, 0.05) is 16.8 Å². The average molecular weight is 416 g/mol. The highest BCUT2D eigenvalue weighted by Gasteiger charge is 2.11. The van der Waals surface area contributed by atoms with E-state index in [9.17, 15) is 4.79 Å². The topological polar surface area (TPSA) is 67.2 Å². The van der Waals surface area contributed by atoms with E-state index in [1.807, 2.05) is 61.5 Å². The van der Waals surface area contributed by atoms with Gasteiger partial charge in [0.05, 0.1) is 0 Å². The molecule has 4 rings (SSSR count). The first-order valence-corrected chi connectivity index (χ1v) is 10.1. The molecule has 0 saturated carbocycles. The third-order valence-corrected chi connectivity index (χ3v) is 5.07. The summed E-state index contributed by atoms with van der Waals surface area (Å²) in [5.41, 5.74) is 5.97. The normalized spacial score (nSPS) is 10.7. The first-order chi connectivity index (χ1) is 14.5. The zero-order chi connectivity index (χ0) is 21.1. The standard InChI is InChI=1S/C24H21N3O2S/c1-3-16-8-13-21-20(14-16)26-23(29-21)17-9-11-18(12-10-17)25-24(30)27-22(28)19-7-5-4-6-15(19)2/h4-14H,3H2,1-2H3,(H2,25,27,28,30). The van der Waals surface area contributed by atoms with Gasteiger partial charge < -0.3 is 9.73 Å². The Labute approximate surface area is 180 Å². The number of amides is 1. The van der Waals surface area contributed by atoms with Crippen molar-refractivity contribution >= 4 is 40.0 Å². The van der Waals surface area contributed by atoms with Crippen LogP contribution in [0.3, 0.4) is 0 Å². The van der Waals surface area contributed by atoms with Crippen molar-refractivity contribution in [1.29, 1.82) is 0 Å². The molecule has 0 fully saturated rings. The molecule has 4 aromatic rings. The Morgan fingerprint density at radius 2 is 1.83 bits per heavy atom. The maximum atomic E-state index is 12.4. The van der Waals surface area contributed by atoms with Crippen molar-refractivity contribution in [2.24, 2.45) is 0 Å². The fourth-order valence-electron chi connectivity index (χ4n) is 3.17. The zero-order valence-corrected chi connectivity index (χ0v) is 17.5. The average Bonchev–Trinajstić information content (AvgIpc) is 3.17. The van der Waals surface area contributed by atoms with Gasteiger partial charge in [-0.1, -0.05) is 31.2 Å². The molecule has 5 nitrogen and oxygen atoms in total. The van der Waals surface area contributed by atoms with E-state index in [1.165, 1.54) is 5.56 Å². The van der Waals surface area contributed by atoms with E-state index in [0.29, 0.717) is 11.5 Å². The van der Waals surface area contributed by atoms with Crippen LogP contribution in [-0.4, -0.2) is 16.0 Å². The molecule has 150 valence electrons. The summed E-state index contributed by atoms with van der Waals surface area (Å²) in [6.07, 6.45) is 0.957. The van der Waals surface area contributed by atoms with Crippen LogP contribution >= 0.6 is 12.2 Å². The largest absolute Gasteiger partial charge is 0.436 e. The predicted octanol–water partition coefficient (Wildman–Crippen LogP) is 5.49. The van der Waals surface area contributed by atoms with Crippen molar-refractivity contribution in [3.63, 3.8) is 0 Å². The van der Waals surface area contributed by atoms with Gasteiger partial charge in [-0.05, 0) is 79.2 Å². The number of fused-ring (bicyclic) bond motifs is 1. The maximum absolute atomic E-state index is 12.4. The number of hydrogen-bond acceptors (Lipinski definition) is 4. The van der Waals surface area contributed by atoms with Gasteiger partial charge in [-0.2, -0.15) is 0 Å². The molecule has 0 bridgehead atoms. The van der Waals surface area contributed by atoms with E-state index >= 15 is 0 Å². The van der Waals surface area contributed by atoms with Gasteiger partial charge in [-0.15, -0.1) is 0 Å². The van der Waals surface area contributed by atoms with Crippen molar-refractivity contribution in [2.45, 2.75) is 20.3 Å². The number of carbonyl (C=O) groups excluding carboxylic acids is 1. The number of benzene rings is 3. The second kappa shape index (κ2) is 8.47. The summed E-state index contributed by atoms with van der Waals surface area (Å²) in [7, 11) is 0. The Morgan fingerprint density at radius 3 is 2.57 bits per heavy atom. The predicted molar refractivity (Wildman–Crippen MR) is 124 cm³/mol. The molecule has 6 heteroatoms. The summed E-state index contributed by atoms with van der Waals surface area (Å²) in [4.78, 5) is 17.0. The smallest absolute Gasteiger partial charge is 0.257 e. The summed E-state index contributed by atoms with van der Waals surface area (Å²) in [5, 5.41) is 5.98. The SMILES string of the molecule is CCc1ccc2oc(-c3ccc(NC(=S)NC(=O)c4ccccc4C)cc3)nc2c1. The van der Waals surface area contributed by atoms with Gasteiger partial charge in [0.1, 0.15) is 5.52 Å². The molecule has 1 amide bonds. The van der Waals surface area contributed by atoms with Gasteiger partial charge in [-0.25, -0.2) is 4.98 Å². The van der Waals surface area contributed by atoms with E-state index in [0.717, 1.165) is 34.3 Å². The van der Waals surface area contributed by atoms with E-state index in [2.05, 4.69) is 28.6 Å². The third kappa shape index (κ3) is 4.23. The molecule has 0 saturated heterocycles. The summed E-state index contributed by atoms with van der Waals surface area (Å²) in [5.74, 6) is 0.334. The van der Waals surface area contributed by atoms with Gasteiger partial charge in [-0.3, -0.25) is 10.1 Å². The minimum atomic E-state index is -0.236. The molecule has 0 atom stereocenters. The van der Waals surface area contributed by atoms with Crippen LogP contribution in [-0.2, 0) is 6.42 Å². The lowest BCUT2D eigenvalue weighted by atomic mass is 10.1. The van der Waals surface area contributed by atoms with Gasteiger partial charge in [0.25, 0.3) is 5.91 Å². The molecule has 0 aliphatic heterocycles. The molecule has 3 aromatic carbocycles. The van der Waals surface area contributed by atoms with Crippen LogP contribution in [0.1, 0.15) is 28.4 Å². The van der Waals surface area contributed by atoms with E-state index in [4.69, 9.17) is 16.6 Å². The van der Waals surface area contributed by atoms with E-state index in [-0.39, 0.29) is 11.0 Å². The van der Waals surface area contributed by atoms with Crippen molar-refractivity contribution in [2.75, 3.05) is 5.32 Å². The number of nitrogens with zero attached hydrogens (tertiary/aromatic N) is 1. The lowest BCUT2D eigenvalue weighted by Crippen LogP contribution is -2.34. The maximum Gasteiger partial charge on any atom is 0.257 e. The van der Waals surface area contributed by atoms with Crippen LogP contribution in [0.2, 0.25) is 0 Å². The van der Waals surface area contributed by atoms with Crippen molar-refractivity contribution in [3.05, 3.63) is 83.4 Å². The van der Waals surface area contributed by atoms with Gasteiger partial charge >= 0.3 is 0 Å². The Balaban J connectivity index is 1.44. The number of aryl methyl sites for hydroxylation is 2. The monoisotopic (exact) mass is 415 g/mol. The number of oxazole rings is 1. The lowest BCUT2D eigenvalue weighted by molar-refractivity contribution is 0.0977. The molecule has 0 aliphatic carbocycles. The second-order valence-corrected chi connectivity index (χ2v) is 7.38. The minimum absolute atomic E-state index is 0.236. The first kappa shape index (κ1) is 19.8. The molecule has 2 N–H and O–H groups in total. The summed E-state index contributed by atoms with van der Waals surface area (Å²) in [6, 6.07) is 21.0. The molecule has 1 heterocycles. The highest BCUT2D eigenvalue weighted by molar-refractivity contribution is 7.80.